The van der Waals surface area contributed by atoms with Gasteiger partial charge in [-0.3, -0.25) is 4.40 Å². The van der Waals surface area contributed by atoms with Gasteiger partial charge in [0.15, 0.2) is 5.82 Å². The van der Waals surface area contributed by atoms with Crippen LogP contribution in [0.1, 0.15) is 22.3 Å². The molecule has 0 aliphatic carbocycles. The zero-order chi connectivity index (χ0) is 19.0. The van der Waals surface area contributed by atoms with Crippen molar-refractivity contribution in [3.63, 3.8) is 0 Å². The number of imidazole rings is 1. The van der Waals surface area contributed by atoms with Gasteiger partial charge in [-0.2, -0.15) is 0 Å². The molecule has 0 atom stereocenters. The monoisotopic (exact) mass is 354 g/mol. The number of nitrogens with zero attached hydrogens (tertiary/aromatic N) is 4. The molecule has 0 amide bonds. The average molecular weight is 354 g/mol. The van der Waals surface area contributed by atoms with Gasteiger partial charge in [0.05, 0.1) is 5.69 Å². The first-order valence-electron chi connectivity index (χ1n) is 9.06. The van der Waals surface area contributed by atoms with E-state index in [2.05, 4.69) is 85.7 Å². The summed E-state index contributed by atoms with van der Waals surface area (Å²) >= 11 is 0. The first-order valence-corrected chi connectivity index (χ1v) is 9.06. The summed E-state index contributed by atoms with van der Waals surface area (Å²) in [4.78, 5) is 4.82. The summed E-state index contributed by atoms with van der Waals surface area (Å²) in [5, 5.41) is 9.19. The molecule has 4 heteroatoms. The first kappa shape index (κ1) is 17.2. The maximum Gasteiger partial charge on any atom is 0.187 e. The number of aryl methyl sites for hydroxylation is 4. The van der Waals surface area contributed by atoms with E-state index in [9.17, 15) is 0 Å². The second kappa shape index (κ2) is 6.80. The lowest BCUT2D eigenvalue weighted by Gasteiger charge is -2.03. The summed E-state index contributed by atoms with van der Waals surface area (Å²) in [7, 11) is 0. The van der Waals surface area contributed by atoms with Crippen molar-refractivity contribution >= 4 is 17.2 Å². The van der Waals surface area contributed by atoms with Gasteiger partial charge in [0.1, 0.15) is 11.3 Å². The molecule has 0 saturated heterocycles. The minimum Gasteiger partial charge on any atom is -0.282 e. The molecule has 27 heavy (non-hydrogen) atoms. The summed E-state index contributed by atoms with van der Waals surface area (Å²) in [6, 6.07) is 18.6. The van der Waals surface area contributed by atoms with E-state index < -0.39 is 0 Å². The maximum absolute atomic E-state index is 4.82. The Bertz CT molecular complexity index is 1150. The molecule has 2 aromatic heterocycles. The lowest BCUT2D eigenvalue weighted by atomic mass is 10.1. The van der Waals surface area contributed by atoms with Crippen LogP contribution in [-0.4, -0.2) is 9.38 Å². The van der Waals surface area contributed by atoms with Crippen LogP contribution in [0.4, 0.5) is 11.5 Å². The smallest absolute Gasteiger partial charge is 0.187 e. The van der Waals surface area contributed by atoms with Gasteiger partial charge >= 0.3 is 0 Å². The van der Waals surface area contributed by atoms with Crippen molar-refractivity contribution in [1.29, 1.82) is 0 Å². The number of rotatable bonds is 3. The normalized spacial score (nSPS) is 11.6. The molecule has 134 valence electrons. The average Bonchev–Trinajstić information content (AvgIpc) is 3.01. The van der Waals surface area contributed by atoms with Crippen LogP contribution in [0.3, 0.4) is 0 Å². The Morgan fingerprint density at radius 1 is 0.741 bits per heavy atom. The van der Waals surface area contributed by atoms with E-state index >= 15 is 0 Å². The van der Waals surface area contributed by atoms with E-state index in [4.69, 9.17) is 4.98 Å². The number of azo groups is 1. The highest BCUT2D eigenvalue weighted by atomic mass is 15.2. The first-order chi connectivity index (χ1) is 13.0. The molecular formula is C23H22N4. The molecule has 4 rings (SSSR count). The Morgan fingerprint density at radius 2 is 1.44 bits per heavy atom. The highest BCUT2D eigenvalue weighted by Crippen LogP contribution is 2.33. The van der Waals surface area contributed by atoms with Crippen molar-refractivity contribution in [1.82, 2.24) is 9.38 Å². The third kappa shape index (κ3) is 3.38. The minimum absolute atomic E-state index is 0.749. The van der Waals surface area contributed by atoms with Crippen LogP contribution >= 0.6 is 0 Å². The minimum atomic E-state index is 0.749. The van der Waals surface area contributed by atoms with E-state index in [1.54, 1.807) is 0 Å². The van der Waals surface area contributed by atoms with Crippen LogP contribution in [0.25, 0.3) is 16.9 Å². The molecule has 2 aromatic carbocycles. The van der Waals surface area contributed by atoms with Crippen molar-refractivity contribution in [2.45, 2.75) is 27.7 Å². The Labute approximate surface area is 159 Å². The maximum atomic E-state index is 4.82. The van der Waals surface area contributed by atoms with Gasteiger partial charge in [-0.25, -0.2) is 4.98 Å². The van der Waals surface area contributed by atoms with Crippen LogP contribution in [0, 0.1) is 27.7 Å². The second-order valence-electron chi connectivity index (χ2n) is 7.07. The molecule has 2 heterocycles. The van der Waals surface area contributed by atoms with Gasteiger partial charge in [0.2, 0.25) is 0 Å². The number of benzene rings is 2. The lowest BCUT2D eigenvalue weighted by molar-refractivity contribution is 1.09. The van der Waals surface area contributed by atoms with E-state index in [0.29, 0.717) is 0 Å². The molecule has 0 fully saturated rings. The fourth-order valence-electron chi connectivity index (χ4n) is 3.07. The number of fused-ring (bicyclic) bond motifs is 1. The Balaban J connectivity index is 1.90. The third-order valence-electron chi connectivity index (χ3n) is 4.68. The van der Waals surface area contributed by atoms with Crippen LogP contribution in [-0.2, 0) is 0 Å². The van der Waals surface area contributed by atoms with Crippen molar-refractivity contribution in [2.24, 2.45) is 10.2 Å². The van der Waals surface area contributed by atoms with E-state index in [0.717, 1.165) is 39.5 Å². The molecular weight excluding hydrogens is 332 g/mol. The molecule has 0 N–H and O–H groups in total. The third-order valence-corrected chi connectivity index (χ3v) is 4.68. The predicted octanol–water partition coefficient (Wildman–Crippen LogP) is 6.65. The molecule has 4 nitrogen and oxygen atoms in total. The highest BCUT2D eigenvalue weighted by Gasteiger charge is 2.14. The van der Waals surface area contributed by atoms with Gasteiger partial charge < -0.3 is 0 Å². The summed E-state index contributed by atoms with van der Waals surface area (Å²) in [6.07, 6.45) is 2.05. The summed E-state index contributed by atoms with van der Waals surface area (Å²) in [5.41, 5.74) is 8.27. The summed E-state index contributed by atoms with van der Waals surface area (Å²) in [6.45, 7) is 8.26. The fourth-order valence-corrected chi connectivity index (χ4v) is 3.07. The molecule has 0 bridgehead atoms. The Kier molecular flexibility index (Phi) is 4.32. The van der Waals surface area contributed by atoms with Crippen LogP contribution in [0.15, 0.2) is 71.0 Å². The fraction of sp³-hybridized carbons (Fsp3) is 0.174. The molecule has 0 aliphatic heterocycles. The van der Waals surface area contributed by atoms with E-state index in [1.165, 1.54) is 11.1 Å². The Hall–Kier alpha value is -3.27. The molecule has 0 unspecified atom stereocenters. The molecule has 0 spiro atoms. The number of pyridine rings is 1. The van der Waals surface area contributed by atoms with Gasteiger partial charge in [-0.05, 0) is 56.5 Å². The van der Waals surface area contributed by atoms with Crippen LogP contribution < -0.4 is 0 Å². The quantitative estimate of drug-likeness (QED) is 0.380. The van der Waals surface area contributed by atoms with E-state index in [1.807, 2.05) is 17.4 Å². The molecule has 4 aromatic rings. The number of hydrogen-bond donors (Lipinski definition) is 0. The van der Waals surface area contributed by atoms with Gasteiger partial charge in [0, 0.05) is 11.8 Å². The SMILES string of the molecule is Cc1ccc(-c2nc3ccc(C)cn3c2N=Nc2cc(C)ccc2C)cc1. The predicted molar refractivity (Wildman–Crippen MR) is 110 cm³/mol. The van der Waals surface area contributed by atoms with Crippen molar-refractivity contribution in [3.05, 3.63) is 83.0 Å². The molecule has 0 aliphatic rings. The summed E-state index contributed by atoms with van der Waals surface area (Å²) < 4.78 is 2.01. The van der Waals surface area contributed by atoms with E-state index in [-0.39, 0.29) is 0 Å². The second-order valence-corrected chi connectivity index (χ2v) is 7.07. The standard InChI is InChI=1S/C23H22N4/c1-15-6-10-19(11-7-15)22-23(27-14-17(3)8-12-21(27)24-22)26-25-20-13-16(2)5-9-18(20)4/h5-14H,1-4H3. The largest absolute Gasteiger partial charge is 0.282 e. The summed E-state index contributed by atoms with van der Waals surface area (Å²) in [5.74, 6) is 0.749. The molecule has 0 saturated carbocycles. The number of aromatic nitrogens is 2. The zero-order valence-corrected chi connectivity index (χ0v) is 16.1. The van der Waals surface area contributed by atoms with Crippen LogP contribution in [0.2, 0.25) is 0 Å². The van der Waals surface area contributed by atoms with Crippen molar-refractivity contribution in [3.8, 4) is 11.3 Å². The number of hydrogen-bond acceptors (Lipinski definition) is 3. The zero-order valence-electron chi connectivity index (χ0n) is 16.1. The van der Waals surface area contributed by atoms with Crippen molar-refractivity contribution in [2.75, 3.05) is 0 Å². The molecule has 0 radical (unpaired) electrons. The van der Waals surface area contributed by atoms with Gasteiger partial charge in [-0.15, -0.1) is 10.2 Å². The van der Waals surface area contributed by atoms with Crippen LogP contribution in [0.5, 0.6) is 0 Å². The van der Waals surface area contributed by atoms with Crippen molar-refractivity contribution < 1.29 is 0 Å². The van der Waals surface area contributed by atoms with Gasteiger partial charge in [-0.1, -0.05) is 48.0 Å². The van der Waals surface area contributed by atoms with Gasteiger partial charge in [0.25, 0.3) is 0 Å². The lowest BCUT2D eigenvalue weighted by Crippen LogP contribution is -1.85. The highest BCUT2D eigenvalue weighted by molar-refractivity contribution is 5.74. The topological polar surface area (TPSA) is 42.0 Å². The Morgan fingerprint density at radius 3 is 2.22 bits per heavy atom.